The van der Waals surface area contributed by atoms with Crippen molar-refractivity contribution in [2.45, 2.75) is 45.4 Å². The Morgan fingerprint density at radius 1 is 1.12 bits per heavy atom. The Balaban J connectivity index is 2.11. The van der Waals surface area contributed by atoms with Gasteiger partial charge in [-0.1, -0.05) is 43.2 Å². The smallest absolute Gasteiger partial charge is 0.277 e. The first-order valence-corrected chi connectivity index (χ1v) is 10.2. The topological polar surface area (TPSA) is 67.8 Å². The third-order valence-corrected chi connectivity index (χ3v) is 5.41. The van der Waals surface area contributed by atoms with Gasteiger partial charge in [0.1, 0.15) is 5.75 Å². The maximum atomic E-state index is 12.6. The highest BCUT2D eigenvalue weighted by Gasteiger charge is 2.19. The molecule has 2 aromatic rings. The molecule has 0 aliphatic heterocycles. The third kappa shape index (κ3) is 5.33. The minimum Gasteiger partial charge on any atom is -0.494 e. The van der Waals surface area contributed by atoms with Crippen LogP contribution in [0.15, 0.2) is 46.4 Å². The maximum Gasteiger partial charge on any atom is 0.277 e. The fraction of sp³-hybridized carbons (Fsp3) is 0.350. The van der Waals surface area contributed by atoms with Crippen LogP contribution in [0, 0.1) is 20.8 Å². The highest BCUT2D eigenvalue weighted by Crippen LogP contribution is 2.21. The van der Waals surface area contributed by atoms with Gasteiger partial charge >= 0.3 is 0 Å². The fourth-order valence-electron chi connectivity index (χ4n) is 2.83. The number of aryl methyl sites for hydroxylation is 3. The van der Waals surface area contributed by atoms with E-state index in [9.17, 15) is 8.42 Å². The molecule has 0 spiro atoms. The Hall–Kier alpha value is -2.34. The van der Waals surface area contributed by atoms with E-state index in [1.165, 1.54) is 6.21 Å². The minimum atomic E-state index is -3.72. The number of sulfonamides is 1. The molecule has 0 unspecified atom stereocenters. The van der Waals surface area contributed by atoms with E-state index in [1.807, 2.05) is 43.3 Å². The molecule has 0 aromatic heterocycles. The van der Waals surface area contributed by atoms with Crippen LogP contribution >= 0.6 is 0 Å². The van der Waals surface area contributed by atoms with Crippen LogP contribution in [0.5, 0.6) is 5.75 Å². The van der Waals surface area contributed by atoms with Crippen LogP contribution in [0.25, 0.3) is 0 Å². The fourth-order valence-corrected chi connectivity index (χ4v) is 4.07. The molecular formula is C20H26N2O3S. The van der Waals surface area contributed by atoms with E-state index in [2.05, 4.69) is 16.9 Å². The average Bonchev–Trinajstić information content (AvgIpc) is 2.54. The quantitative estimate of drug-likeness (QED) is 0.430. The summed E-state index contributed by atoms with van der Waals surface area (Å²) < 4.78 is 30.8. The van der Waals surface area contributed by atoms with E-state index in [-0.39, 0.29) is 4.90 Å². The monoisotopic (exact) mass is 374 g/mol. The van der Waals surface area contributed by atoms with Crippen molar-refractivity contribution in [3.63, 3.8) is 0 Å². The number of ether oxygens (including phenoxy) is 1. The van der Waals surface area contributed by atoms with Crippen molar-refractivity contribution in [1.82, 2.24) is 4.83 Å². The Labute approximate surface area is 156 Å². The van der Waals surface area contributed by atoms with E-state index in [0.29, 0.717) is 17.7 Å². The molecule has 2 rings (SSSR count). The number of rotatable bonds is 8. The predicted octanol–water partition coefficient (Wildman–Crippen LogP) is 4.10. The number of nitrogens with one attached hydrogen (secondary N) is 1. The van der Waals surface area contributed by atoms with Gasteiger partial charge < -0.3 is 4.74 Å². The molecule has 0 aliphatic rings. The lowest BCUT2D eigenvalue weighted by Gasteiger charge is -2.11. The average molecular weight is 375 g/mol. The van der Waals surface area contributed by atoms with Gasteiger partial charge in [-0.15, -0.1) is 0 Å². The Morgan fingerprint density at radius 2 is 1.81 bits per heavy atom. The Bertz CT molecular complexity index is 867. The summed E-state index contributed by atoms with van der Waals surface area (Å²) in [5.74, 6) is 0.746. The van der Waals surface area contributed by atoms with Crippen molar-refractivity contribution >= 4 is 16.2 Å². The van der Waals surface area contributed by atoms with Crippen molar-refractivity contribution in [1.29, 1.82) is 0 Å². The lowest BCUT2D eigenvalue weighted by atomic mass is 10.1. The van der Waals surface area contributed by atoms with E-state index < -0.39 is 10.0 Å². The number of unbranched alkanes of at least 4 members (excludes halogenated alkanes) is 1. The van der Waals surface area contributed by atoms with Crippen LogP contribution in [0.3, 0.4) is 0 Å². The molecule has 0 radical (unpaired) electrons. The summed E-state index contributed by atoms with van der Waals surface area (Å²) in [6.07, 6.45) is 3.54. The van der Waals surface area contributed by atoms with Crippen molar-refractivity contribution < 1.29 is 13.2 Å². The molecule has 0 bridgehead atoms. The molecule has 0 fully saturated rings. The molecule has 0 saturated carbocycles. The van der Waals surface area contributed by atoms with Gasteiger partial charge in [-0.25, -0.2) is 4.83 Å². The normalized spacial score (nSPS) is 11.7. The molecule has 0 amide bonds. The third-order valence-electron chi connectivity index (χ3n) is 3.88. The van der Waals surface area contributed by atoms with Crippen LogP contribution in [0.1, 0.15) is 42.0 Å². The van der Waals surface area contributed by atoms with Crippen LogP contribution in [-0.4, -0.2) is 21.2 Å². The van der Waals surface area contributed by atoms with E-state index >= 15 is 0 Å². The Morgan fingerprint density at radius 3 is 2.46 bits per heavy atom. The highest BCUT2D eigenvalue weighted by molar-refractivity contribution is 7.89. The number of hydrogen-bond acceptors (Lipinski definition) is 4. The minimum absolute atomic E-state index is 0.275. The van der Waals surface area contributed by atoms with Gasteiger partial charge in [-0.3, -0.25) is 0 Å². The molecule has 0 atom stereocenters. The second-order valence-electron chi connectivity index (χ2n) is 6.36. The van der Waals surface area contributed by atoms with Gasteiger partial charge in [0.15, 0.2) is 0 Å². The van der Waals surface area contributed by atoms with Gasteiger partial charge in [-0.05, 0) is 56.0 Å². The van der Waals surface area contributed by atoms with Gasteiger partial charge in [0.25, 0.3) is 10.0 Å². The molecule has 5 nitrogen and oxygen atoms in total. The highest BCUT2D eigenvalue weighted by atomic mass is 32.2. The zero-order chi connectivity index (χ0) is 19.2. The number of hydrogen-bond donors (Lipinski definition) is 1. The van der Waals surface area contributed by atoms with Gasteiger partial charge in [0.05, 0.1) is 17.7 Å². The summed E-state index contributed by atoms with van der Waals surface area (Å²) in [4.78, 5) is 2.57. The lowest BCUT2D eigenvalue weighted by Crippen LogP contribution is -2.20. The van der Waals surface area contributed by atoms with Crippen LogP contribution in [-0.2, 0) is 10.0 Å². The summed E-state index contributed by atoms with van der Waals surface area (Å²) in [6.45, 7) is 8.29. The van der Waals surface area contributed by atoms with Gasteiger partial charge in [-0.2, -0.15) is 13.5 Å². The first kappa shape index (κ1) is 20.0. The molecule has 0 aliphatic carbocycles. The van der Waals surface area contributed by atoms with Crippen molar-refractivity contribution in [2.24, 2.45) is 5.10 Å². The second-order valence-corrected chi connectivity index (χ2v) is 7.95. The molecule has 140 valence electrons. The molecular weight excluding hydrogens is 348 g/mol. The lowest BCUT2D eigenvalue weighted by molar-refractivity contribution is 0.309. The van der Waals surface area contributed by atoms with E-state index in [4.69, 9.17) is 4.74 Å². The number of nitrogens with zero attached hydrogens (tertiary/aromatic N) is 1. The molecule has 0 saturated heterocycles. The van der Waals surface area contributed by atoms with Crippen molar-refractivity contribution in [2.75, 3.05) is 6.61 Å². The number of benzene rings is 2. The Kier molecular flexibility index (Phi) is 6.80. The van der Waals surface area contributed by atoms with E-state index in [1.54, 1.807) is 13.8 Å². The van der Waals surface area contributed by atoms with Crippen LogP contribution < -0.4 is 9.57 Å². The molecule has 2 aromatic carbocycles. The summed E-state index contributed by atoms with van der Waals surface area (Å²) >= 11 is 0. The van der Waals surface area contributed by atoms with Gasteiger partial charge in [0.2, 0.25) is 0 Å². The first-order valence-electron chi connectivity index (χ1n) is 8.69. The molecule has 26 heavy (non-hydrogen) atoms. The van der Waals surface area contributed by atoms with Gasteiger partial charge in [0, 0.05) is 0 Å². The summed E-state index contributed by atoms with van der Waals surface area (Å²) in [6, 6.07) is 11.1. The standard InChI is InChI=1S/C20H26N2O3S/c1-5-6-10-25-19-9-7-8-18(13-19)14-21-22-26(23,24)20-16(3)11-15(2)12-17(20)4/h7-9,11-14,22H,5-6,10H2,1-4H3/b21-14+. The van der Waals surface area contributed by atoms with E-state index in [0.717, 1.165) is 29.7 Å². The summed E-state index contributed by atoms with van der Waals surface area (Å²) in [5.41, 5.74) is 3.20. The SMILES string of the molecule is CCCCOc1cccc(/C=N/NS(=O)(=O)c2c(C)cc(C)cc2C)c1. The number of hydrazone groups is 1. The van der Waals surface area contributed by atoms with Crippen LogP contribution in [0.2, 0.25) is 0 Å². The molecule has 6 heteroatoms. The van der Waals surface area contributed by atoms with Crippen molar-refractivity contribution in [3.05, 3.63) is 58.7 Å². The maximum absolute atomic E-state index is 12.6. The zero-order valence-corrected chi connectivity index (χ0v) is 16.6. The molecule has 0 heterocycles. The van der Waals surface area contributed by atoms with Crippen molar-refractivity contribution in [3.8, 4) is 5.75 Å². The largest absolute Gasteiger partial charge is 0.494 e. The summed E-state index contributed by atoms with van der Waals surface area (Å²) in [7, 11) is -3.72. The zero-order valence-electron chi connectivity index (χ0n) is 15.7. The summed E-state index contributed by atoms with van der Waals surface area (Å²) in [5, 5.41) is 3.91. The molecule has 1 N–H and O–H groups in total. The predicted molar refractivity (Wildman–Crippen MR) is 105 cm³/mol. The second kappa shape index (κ2) is 8.85. The first-order chi connectivity index (χ1) is 12.3. The van der Waals surface area contributed by atoms with Crippen LogP contribution in [0.4, 0.5) is 0 Å².